The van der Waals surface area contributed by atoms with Crippen LogP contribution in [0.5, 0.6) is 0 Å². The van der Waals surface area contributed by atoms with Crippen LogP contribution < -0.4 is 0 Å². The molecule has 0 saturated heterocycles. The van der Waals surface area contributed by atoms with Gasteiger partial charge in [0.25, 0.3) is 0 Å². The van der Waals surface area contributed by atoms with Gasteiger partial charge in [0.05, 0.1) is 21.3 Å². The van der Waals surface area contributed by atoms with E-state index in [-0.39, 0.29) is 0 Å². The van der Waals surface area contributed by atoms with Gasteiger partial charge in [-0.15, -0.1) is 11.3 Å². The molecule has 0 bridgehead atoms. The predicted molar refractivity (Wildman–Crippen MR) is 107 cm³/mol. The fourth-order valence-corrected chi connectivity index (χ4v) is 3.26. The van der Waals surface area contributed by atoms with Gasteiger partial charge >= 0.3 is 0 Å². The molecule has 0 fully saturated rings. The lowest BCUT2D eigenvalue weighted by atomic mass is 10.2. The molecule has 3 aromatic rings. The summed E-state index contributed by atoms with van der Waals surface area (Å²) in [7, 11) is 0. The van der Waals surface area contributed by atoms with Crippen molar-refractivity contribution in [3.63, 3.8) is 0 Å². The van der Waals surface area contributed by atoms with Crippen LogP contribution in [0.25, 0.3) is 22.9 Å². The summed E-state index contributed by atoms with van der Waals surface area (Å²) in [5.74, 6) is 0. The van der Waals surface area contributed by atoms with Crippen LogP contribution in [-0.4, -0.2) is 4.98 Å². The molecule has 2 aromatic carbocycles. The molecule has 1 heterocycles. The molecule has 0 aliphatic carbocycles. The summed E-state index contributed by atoms with van der Waals surface area (Å²) in [5, 5.41) is 13.0. The van der Waals surface area contributed by atoms with E-state index in [0.717, 1.165) is 16.8 Å². The Kier molecular flexibility index (Phi) is 5.67. The Labute approximate surface area is 160 Å². The van der Waals surface area contributed by atoms with E-state index in [1.165, 1.54) is 11.3 Å². The zero-order valence-corrected chi connectivity index (χ0v) is 15.3. The van der Waals surface area contributed by atoms with E-state index < -0.39 is 0 Å². The second-order valence-electron chi connectivity index (χ2n) is 5.13. The van der Waals surface area contributed by atoms with Crippen LogP contribution in [0.2, 0.25) is 10.0 Å². The highest BCUT2D eigenvalue weighted by molar-refractivity contribution is 7.11. The van der Waals surface area contributed by atoms with E-state index in [1.54, 1.807) is 18.2 Å². The Morgan fingerprint density at radius 1 is 1.08 bits per heavy atom. The third-order valence-corrected chi connectivity index (χ3v) is 5.04. The van der Waals surface area contributed by atoms with E-state index >= 15 is 0 Å². The van der Waals surface area contributed by atoms with Crippen LogP contribution in [0.15, 0.2) is 66.1 Å². The van der Waals surface area contributed by atoms with Crippen LogP contribution in [0.1, 0.15) is 10.6 Å². The minimum atomic E-state index is 0.482. The third kappa shape index (κ3) is 4.37. The fourth-order valence-electron chi connectivity index (χ4n) is 2.16. The van der Waals surface area contributed by atoms with E-state index in [0.29, 0.717) is 20.6 Å². The molecule has 0 amide bonds. The standard InChI is InChI=1S/C20H12Cl2N2S/c21-17-10-9-15(11-18(17)22)19-13-25-20(24-19)16(12-23)8-4-7-14-5-2-1-3-6-14/h1-11,13H. The summed E-state index contributed by atoms with van der Waals surface area (Å²) in [6.07, 6.45) is 5.57. The van der Waals surface area contributed by atoms with Crippen molar-refractivity contribution in [1.82, 2.24) is 4.98 Å². The Morgan fingerprint density at radius 3 is 2.60 bits per heavy atom. The maximum atomic E-state index is 9.41. The number of benzene rings is 2. The molecule has 0 radical (unpaired) electrons. The van der Waals surface area contributed by atoms with Crippen LogP contribution >= 0.6 is 34.5 Å². The smallest absolute Gasteiger partial charge is 0.134 e. The van der Waals surface area contributed by atoms with Crippen LogP contribution in [0.4, 0.5) is 0 Å². The molecule has 0 N–H and O–H groups in total. The Bertz CT molecular complexity index is 982. The highest BCUT2D eigenvalue weighted by atomic mass is 35.5. The predicted octanol–water partition coefficient (Wildman–Crippen LogP) is 6.74. The molecule has 0 atom stereocenters. The molecule has 3 rings (SSSR count). The summed E-state index contributed by atoms with van der Waals surface area (Å²) in [6, 6.07) is 17.5. The highest BCUT2D eigenvalue weighted by Gasteiger charge is 2.09. The summed E-state index contributed by atoms with van der Waals surface area (Å²) >= 11 is 13.4. The van der Waals surface area contributed by atoms with Gasteiger partial charge in [-0.2, -0.15) is 5.26 Å². The van der Waals surface area contributed by atoms with Gasteiger partial charge in [0.2, 0.25) is 0 Å². The maximum absolute atomic E-state index is 9.41. The summed E-state index contributed by atoms with van der Waals surface area (Å²) in [5.41, 5.74) is 3.23. The molecule has 5 heteroatoms. The van der Waals surface area contributed by atoms with Crippen molar-refractivity contribution >= 4 is 46.2 Å². The number of rotatable bonds is 4. The monoisotopic (exact) mass is 382 g/mol. The quantitative estimate of drug-likeness (QED) is 0.370. The van der Waals surface area contributed by atoms with E-state index in [9.17, 15) is 5.26 Å². The lowest BCUT2D eigenvalue weighted by Crippen LogP contribution is -1.82. The summed E-state index contributed by atoms with van der Waals surface area (Å²) in [4.78, 5) is 4.54. The first kappa shape index (κ1) is 17.4. The van der Waals surface area contributed by atoms with Crippen LogP contribution in [0, 0.1) is 11.3 Å². The van der Waals surface area contributed by atoms with E-state index in [2.05, 4.69) is 11.1 Å². The SMILES string of the molecule is N#CC(=CC=Cc1ccccc1)c1nc(-c2ccc(Cl)c(Cl)c2)cs1. The molecule has 0 spiro atoms. The number of hydrogen-bond acceptors (Lipinski definition) is 3. The molecular formula is C20H12Cl2N2S. The lowest BCUT2D eigenvalue weighted by molar-refractivity contribution is 1.37. The van der Waals surface area contributed by atoms with Crippen LogP contribution in [-0.2, 0) is 0 Å². The molecule has 0 aliphatic heterocycles. The summed E-state index contributed by atoms with van der Waals surface area (Å²) in [6.45, 7) is 0. The van der Waals surface area contributed by atoms with Crippen molar-refractivity contribution in [2.75, 3.05) is 0 Å². The van der Waals surface area contributed by atoms with Crippen molar-refractivity contribution in [2.45, 2.75) is 0 Å². The number of thiazole rings is 1. The molecule has 2 nitrogen and oxygen atoms in total. The van der Waals surface area contributed by atoms with Gasteiger partial charge < -0.3 is 0 Å². The van der Waals surface area contributed by atoms with Crippen molar-refractivity contribution in [3.05, 3.63) is 86.7 Å². The van der Waals surface area contributed by atoms with E-state index in [4.69, 9.17) is 23.2 Å². The molecule has 1 aromatic heterocycles. The number of aromatic nitrogens is 1. The molecular weight excluding hydrogens is 371 g/mol. The van der Waals surface area contributed by atoms with Crippen molar-refractivity contribution < 1.29 is 0 Å². The van der Waals surface area contributed by atoms with Crippen molar-refractivity contribution in [2.24, 2.45) is 0 Å². The van der Waals surface area contributed by atoms with Crippen molar-refractivity contribution in [3.8, 4) is 17.3 Å². The molecule has 25 heavy (non-hydrogen) atoms. The molecule has 122 valence electrons. The molecule has 0 unspecified atom stereocenters. The average Bonchev–Trinajstić information content (AvgIpc) is 3.12. The first-order chi connectivity index (χ1) is 12.2. The van der Waals surface area contributed by atoms with Gasteiger partial charge in [-0.1, -0.05) is 71.8 Å². The van der Waals surface area contributed by atoms with Crippen molar-refractivity contribution in [1.29, 1.82) is 5.26 Å². The minimum absolute atomic E-state index is 0.482. The van der Waals surface area contributed by atoms with Gasteiger partial charge in [0, 0.05) is 10.9 Å². The highest BCUT2D eigenvalue weighted by Crippen LogP contribution is 2.30. The van der Waals surface area contributed by atoms with Gasteiger partial charge in [-0.05, 0) is 23.8 Å². The lowest BCUT2D eigenvalue weighted by Gasteiger charge is -1.99. The molecule has 0 saturated carbocycles. The number of hydrogen-bond donors (Lipinski definition) is 0. The topological polar surface area (TPSA) is 36.7 Å². The van der Waals surface area contributed by atoms with Gasteiger partial charge in [-0.3, -0.25) is 0 Å². The Balaban J connectivity index is 1.84. The molecule has 0 aliphatic rings. The fraction of sp³-hybridized carbons (Fsp3) is 0. The third-order valence-electron chi connectivity index (χ3n) is 3.42. The number of nitriles is 1. The first-order valence-electron chi connectivity index (χ1n) is 7.42. The van der Waals surface area contributed by atoms with E-state index in [1.807, 2.05) is 53.9 Å². The largest absolute Gasteiger partial charge is 0.235 e. The maximum Gasteiger partial charge on any atom is 0.134 e. The normalized spacial score (nSPS) is 11.6. The Hall–Kier alpha value is -2.38. The zero-order chi connectivity index (χ0) is 17.6. The van der Waals surface area contributed by atoms with Gasteiger partial charge in [0.15, 0.2) is 0 Å². The average molecular weight is 383 g/mol. The first-order valence-corrected chi connectivity index (χ1v) is 9.06. The second-order valence-corrected chi connectivity index (χ2v) is 6.80. The van der Waals surface area contributed by atoms with Gasteiger partial charge in [0.1, 0.15) is 11.1 Å². The number of allylic oxidation sites excluding steroid dienone is 3. The second kappa shape index (κ2) is 8.13. The minimum Gasteiger partial charge on any atom is -0.235 e. The zero-order valence-electron chi connectivity index (χ0n) is 13.0. The van der Waals surface area contributed by atoms with Gasteiger partial charge in [-0.25, -0.2) is 4.98 Å². The number of halogens is 2. The van der Waals surface area contributed by atoms with Crippen LogP contribution in [0.3, 0.4) is 0 Å². The summed E-state index contributed by atoms with van der Waals surface area (Å²) < 4.78 is 0. The number of nitrogens with zero attached hydrogens (tertiary/aromatic N) is 2. The Morgan fingerprint density at radius 2 is 1.88 bits per heavy atom.